The van der Waals surface area contributed by atoms with E-state index in [4.69, 9.17) is 11.6 Å². The third kappa shape index (κ3) is 1.33. The van der Waals surface area contributed by atoms with E-state index in [0.29, 0.717) is 5.88 Å². The Morgan fingerprint density at radius 3 is 2.92 bits per heavy atom. The summed E-state index contributed by atoms with van der Waals surface area (Å²) in [4.78, 5) is 10.6. The minimum absolute atomic E-state index is 0.502. The van der Waals surface area contributed by atoms with Crippen LogP contribution in [0.1, 0.15) is 5.56 Å². The summed E-state index contributed by atoms with van der Waals surface area (Å²) < 4.78 is 1.55. The highest BCUT2D eigenvalue weighted by atomic mass is 35.5. The minimum Gasteiger partial charge on any atom is -0.290 e. The van der Waals surface area contributed by atoms with E-state index in [0.717, 1.165) is 22.9 Å². The van der Waals surface area contributed by atoms with Gasteiger partial charge in [0.15, 0.2) is 0 Å². The van der Waals surface area contributed by atoms with Gasteiger partial charge in [0.05, 0.1) is 5.52 Å². The fourth-order valence-electron chi connectivity index (χ4n) is 1.39. The van der Waals surface area contributed by atoms with Gasteiger partial charge in [0.25, 0.3) is 0 Å². The number of hydrogen-bond acceptors (Lipinski definition) is 1. The molecule has 0 atom stereocenters. The van der Waals surface area contributed by atoms with Crippen LogP contribution in [0, 0.1) is 0 Å². The van der Waals surface area contributed by atoms with Crippen molar-refractivity contribution in [3.05, 3.63) is 36.0 Å². The van der Waals surface area contributed by atoms with Gasteiger partial charge in [-0.05, 0) is 23.8 Å². The Labute approximate surface area is 80.7 Å². The molecule has 66 valence electrons. The van der Waals surface area contributed by atoms with E-state index in [2.05, 4.69) is 0 Å². The Kier molecular flexibility index (Phi) is 2.07. The van der Waals surface area contributed by atoms with Crippen molar-refractivity contribution in [3.8, 4) is 0 Å². The summed E-state index contributed by atoms with van der Waals surface area (Å²) in [5, 5.41) is 1.05. The van der Waals surface area contributed by atoms with Crippen molar-refractivity contribution in [2.45, 2.75) is 5.88 Å². The monoisotopic (exact) mass is 193 g/mol. The molecule has 0 aliphatic heterocycles. The smallest absolute Gasteiger partial charge is 0.218 e. The van der Waals surface area contributed by atoms with Crippen LogP contribution >= 0.6 is 11.6 Å². The highest BCUT2D eigenvalue weighted by molar-refractivity contribution is 6.17. The van der Waals surface area contributed by atoms with Crippen LogP contribution in [0.3, 0.4) is 0 Å². The van der Waals surface area contributed by atoms with Gasteiger partial charge in [0, 0.05) is 17.5 Å². The van der Waals surface area contributed by atoms with E-state index in [-0.39, 0.29) is 0 Å². The normalized spacial score (nSPS) is 10.5. The number of nitrogens with zero attached hydrogens (tertiary/aromatic N) is 1. The molecule has 2 nitrogen and oxygen atoms in total. The van der Waals surface area contributed by atoms with Crippen LogP contribution in [0.2, 0.25) is 0 Å². The van der Waals surface area contributed by atoms with Gasteiger partial charge >= 0.3 is 0 Å². The van der Waals surface area contributed by atoms with Gasteiger partial charge in [0.2, 0.25) is 6.41 Å². The maximum absolute atomic E-state index is 10.6. The van der Waals surface area contributed by atoms with Crippen molar-refractivity contribution in [3.63, 3.8) is 0 Å². The molecule has 1 aromatic carbocycles. The van der Waals surface area contributed by atoms with Crippen molar-refractivity contribution >= 4 is 28.9 Å². The Bertz CT molecular complexity index is 447. The standard InChI is InChI=1S/C10H8ClNO/c11-6-8-1-2-10-9(5-8)3-4-12(10)7-13/h1-5,7H,6H2. The van der Waals surface area contributed by atoms with Gasteiger partial charge in [-0.25, -0.2) is 0 Å². The molecule has 0 saturated carbocycles. The zero-order valence-corrected chi connectivity index (χ0v) is 7.66. The van der Waals surface area contributed by atoms with E-state index in [9.17, 15) is 4.79 Å². The number of halogens is 1. The van der Waals surface area contributed by atoms with Gasteiger partial charge in [-0.2, -0.15) is 0 Å². The maximum Gasteiger partial charge on any atom is 0.218 e. The topological polar surface area (TPSA) is 22.0 Å². The molecule has 2 rings (SSSR count). The molecule has 0 saturated heterocycles. The first-order valence-corrected chi connectivity index (χ1v) is 4.49. The molecule has 0 radical (unpaired) electrons. The van der Waals surface area contributed by atoms with Crippen LogP contribution in [0.15, 0.2) is 30.5 Å². The van der Waals surface area contributed by atoms with Crippen molar-refractivity contribution in [1.82, 2.24) is 4.57 Å². The summed E-state index contributed by atoms with van der Waals surface area (Å²) in [7, 11) is 0. The molecule has 0 spiro atoms. The number of fused-ring (bicyclic) bond motifs is 1. The molecule has 1 heterocycles. The summed E-state index contributed by atoms with van der Waals surface area (Å²) in [6.07, 6.45) is 2.54. The number of aromatic nitrogens is 1. The number of hydrogen-bond donors (Lipinski definition) is 0. The Morgan fingerprint density at radius 2 is 2.23 bits per heavy atom. The Balaban J connectivity index is 2.67. The average molecular weight is 194 g/mol. The van der Waals surface area contributed by atoms with Gasteiger partial charge in [-0.1, -0.05) is 6.07 Å². The second-order valence-corrected chi connectivity index (χ2v) is 3.12. The zero-order valence-electron chi connectivity index (χ0n) is 6.90. The highest BCUT2D eigenvalue weighted by Gasteiger charge is 1.99. The predicted octanol–water partition coefficient (Wildman–Crippen LogP) is 2.42. The molecule has 3 heteroatoms. The maximum atomic E-state index is 10.6. The van der Waals surface area contributed by atoms with E-state index >= 15 is 0 Å². The van der Waals surface area contributed by atoms with Crippen molar-refractivity contribution in [2.24, 2.45) is 0 Å². The number of rotatable bonds is 2. The van der Waals surface area contributed by atoms with Crippen LogP contribution < -0.4 is 0 Å². The molecule has 0 N–H and O–H groups in total. The molecule has 2 aromatic rings. The fourth-order valence-corrected chi connectivity index (χ4v) is 1.55. The molecule has 0 fully saturated rings. The van der Waals surface area contributed by atoms with Gasteiger partial charge in [-0.15, -0.1) is 11.6 Å². The Morgan fingerprint density at radius 1 is 1.38 bits per heavy atom. The van der Waals surface area contributed by atoms with E-state index < -0.39 is 0 Å². The number of benzene rings is 1. The van der Waals surface area contributed by atoms with Gasteiger partial charge < -0.3 is 0 Å². The summed E-state index contributed by atoms with van der Waals surface area (Å²) in [5.41, 5.74) is 1.99. The van der Waals surface area contributed by atoms with E-state index in [1.54, 1.807) is 10.8 Å². The molecule has 0 amide bonds. The second-order valence-electron chi connectivity index (χ2n) is 2.86. The number of alkyl halides is 1. The summed E-state index contributed by atoms with van der Waals surface area (Å²) in [6, 6.07) is 7.72. The van der Waals surface area contributed by atoms with E-state index in [1.165, 1.54) is 0 Å². The number of carbonyl (C=O) groups is 1. The second kappa shape index (κ2) is 3.23. The molecule has 13 heavy (non-hydrogen) atoms. The van der Waals surface area contributed by atoms with E-state index in [1.807, 2.05) is 24.3 Å². The molecular weight excluding hydrogens is 186 g/mol. The predicted molar refractivity (Wildman–Crippen MR) is 53.6 cm³/mol. The van der Waals surface area contributed by atoms with Crippen molar-refractivity contribution in [2.75, 3.05) is 0 Å². The molecule has 1 aromatic heterocycles. The quantitative estimate of drug-likeness (QED) is 0.530. The molecule has 0 bridgehead atoms. The first-order chi connectivity index (χ1) is 6.35. The summed E-state index contributed by atoms with van der Waals surface area (Å²) in [6.45, 7) is 0. The lowest BCUT2D eigenvalue weighted by atomic mass is 10.2. The average Bonchev–Trinajstić information content (AvgIpc) is 2.59. The molecular formula is C10H8ClNO. The number of carbonyl (C=O) groups excluding carboxylic acids is 1. The lowest BCUT2D eigenvalue weighted by Crippen LogP contribution is -1.90. The lowest BCUT2D eigenvalue weighted by Gasteiger charge is -1.96. The van der Waals surface area contributed by atoms with Crippen LogP contribution in [0.5, 0.6) is 0 Å². The molecule has 0 aliphatic carbocycles. The minimum atomic E-state index is 0.502. The third-order valence-corrected chi connectivity index (χ3v) is 2.36. The first kappa shape index (κ1) is 8.32. The third-order valence-electron chi connectivity index (χ3n) is 2.05. The summed E-state index contributed by atoms with van der Waals surface area (Å²) in [5.74, 6) is 0.502. The fraction of sp³-hybridized carbons (Fsp3) is 0.100. The van der Waals surface area contributed by atoms with Crippen molar-refractivity contribution < 1.29 is 4.79 Å². The van der Waals surface area contributed by atoms with Gasteiger partial charge in [-0.3, -0.25) is 9.36 Å². The Hall–Kier alpha value is -1.28. The lowest BCUT2D eigenvalue weighted by molar-refractivity contribution is 0.549. The van der Waals surface area contributed by atoms with Crippen LogP contribution in [0.25, 0.3) is 10.9 Å². The zero-order chi connectivity index (χ0) is 9.26. The van der Waals surface area contributed by atoms with Crippen LogP contribution in [-0.4, -0.2) is 11.0 Å². The molecule has 0 unspecified atom stereocenters. The summed E-state index contributed by atoms with van der Waals surface area (Å²) >= 11 is 5.69. The highest BCUT2D eigenvalue weighted by Crippen LogP contribution is 2.17. The van der Waals surface area contributed by atoms with Crippen molar-refractivity contribution in [1.29, 1.82) is 0 Å². The first-order valence-electron chi connectivity index (χ1n) is 3.96. The van der Waals surface area contributed by atoms with Gasteiger partial charge in [0.1, 0.15) is 0 Å². The van der Waals surface area contributed by atoms with Crippen LogP contribution in [-0.2, 0) is 10.7 Å². The largest absolute Gasteiger partial charge is 0.290 e. The van der Waals surface area contributed by atoms with Crippen LogP contribution in [0.4, 0.5) is 0 Å². The SMILES string of the molecule is O=Cn1ccc2cc(CCl)ccc21. The molecule has 0 aliphatic rings.